The molecule has 0 aliphatic carbocycles. The number of anilines is 1. The van der Waals surface area contributed by atoms with Gasteiger partial charge in [-0.2, -0.15) is 0 Å². The summed E-state index contributed by atoms with van der Waals surface area (Å²) in [6.45, 7) is -0.497. The maximum atomic E-state index is 11.7. The first-order valence-electron chi connectivity index (χ1n) is 7.29. The second kappa shape index (κ2) is 8.70. The highest BCUT2D eigenvalue weighted by Crippen LogP contribution is 2.13. The monoisotopic (exact) mass is 361 g/mol. The summed E-state index contributed by atoms with van der Waals surface area (Å²) in [5, 5.41) is 5.60. The van der Waals surface area contributed by atoms with E-state index in [2.05, 4.69) is 10.6 Å². The number of rotatable bonds is 7. The Morgan fingerprint density at radius 3 is 2.44 bits per heavy atom. The molecule has 0 saturated heterocycles. The Kier molecular flexibility index (Phi) is 6.36. The van der Waals surface area contributed by atoms with Crippen LogP contribution in [0.2, 0.25) is 5.02 Å². The van der Waals surface area contributed by atoms with Gasteiger partial charge in [0.05, 0.1) is 6.54 Å². The molecule has 2 rings (SSSR count). The molecule has 7 nitrogen and oxygen atoms in total. The minimum absolute atomic E-state index is 0.202. The lowest BCUT2D eigenvalue weighted by Crippen LogP contribution is -2.35. The van der Waals surface area contributed by atoms with Gasteiger partial charge >= 0.3 is 0 Å². The van der Waals surface area contributed by atoms with Crippen LogP contribution in [0, 0.1) is 0 Å². The average molecular weight is 362 g/mol. The molecule has 0 spiro atoms. The van der Waals surface area contributed by atoms with E-state index in [9.17, 15) is 14.4 Å². The fourth-order valence-corrected chi connectivity index (χ4v) is 1.98. The van der Waals surface area contributed by atoms with Crippen molar-refractivity contribution in [3.05, 3.63) is 59.1 Å². The summed E-state index contributed by atoms with van der Waals surface area (Å²) in [6, 6.07) is 12.7. The molecule has 25 heavy (non-hydrogen) atoms. The van der Waals surface area contributed by atoms with E-state index in [0.29, 0.717) is 16.5 Å². The molecule has 0 aromatic heterocycles. The van der Waals surface area contributed by atoms with Crippen LogP contribution in [0.1, 0.15) is 10.4 Å². The van der Waals surface area contributed by atoms with Crippen LogP contribution in [-0.2, 0) is 9.59 Å². The quantitative estimate of drug-likeness (QED) is 0.695. The minimum Gasteiger partial charge on any atom is -0.484 e. The summed E-state index contributed by atoms with van der Waals surface area (Å²) >= 11 is 5.75. The number of nitrogens with two attached hydrogens (primary N) is 1. The fraction of sp³-hybridized carbons (Fsp3) is 0.118. The molecule has 0 radical (unpaired) electrons. The van der Waals surface area contributed by atoms with Gasteiger partial charge in [-0.15, -0.1) is 0 Å². The molecule has 2 aromatic carbocycles. The number of hydrogen-bond acceptors (Lipinski definition) is 4. The molecule has 0 heterocycles. The van der Waals surface area contributed by atoms with Crippen LogP contribution < -0.4 is 21.1 Å². The maximum Gasteiger partial charge on any atom is 0.258 e. The molecular formula is C17H16ClN3O4. The molecule has 2 aromatic rings. The number of amides is 3. The normalized spacial score (nSPS) is 9.96. The molecule has 4 N–H and O–H groups in total. The second-order valence-electron chi connectivity index (χ2n) is 5.01. The Labute approximate surface area is 149 Å². The smallest absolute Gasteiger partial charge is 0.258 e. The van der Waals surface area contributed by atoms with Crippen LogP contribution in [-0.4, -0.2) is 30.9 Å². The Morgan fingerprint density at radius 2 is 1.76 bits per heavy atom. The van der Waals surface area contributed by atoms with Gasteiger partial charge in [0.25, 0.3) is 5.91 Å². The molecule has 0 aliphatic heterocycles. The van der Waals surface area contributed by atoms with Crippen molar-refractivity contribution in [1.82, 2.24) is 5.32 Å². The van der Waals surface area contributed by atoms with E-state index in [-0.39, 0.29) is 24.6 Å². The first-order chi connectivity index (χ1) is 11.9. The van der Waals surface area contributed by atoms with Gasteiger partial charge in [0.15, 0.2) is 6.61 Å². The Bertz CT molecular complexity index is 778. The van der Waals surface area contributed by atoms with E-state index in [1.165, 1.54) is 12.1 Å². The lowest BCUT2D eigenvalue weighted by atomic mass is 10.2. The third-order valence-corrected chi connectivity index (χ3v) is 3.31. The number of carbonyl (C=O) groups is 3. The number of benzene rings is 2. The van der Waals surface area contributed by atoms with E-state index < -0.39 is 11.8 Å². The van der Waals surface area contributed by atoms with Crippen LogP contribution in [0.15, 0.2) is 48.5 Å². The summed E-state index contributed by atoms with van der Waals surface area (Å²) in [4.78, 5) is 34.5. The summed E-state index contributed by atoms with van der Waals surface area (Å²) in [7, 11) is 0. The molecule has 0 fully saturated rings. The molecule has 130 valence electrons. The number of primary amides is 1. The average Bonchev–Trinajstić information content (AvgIpc) is 2.60. The molecule has 0 saturated carbocycles. The Morgan fingerprint density at radius 1 is 1.04 bits per heavy atom. The highest BCUT2D eigenvalue weighted by molar-refractivity contribution is 6.30. The van der Waals surface area contributed by atoms with Crippen LogP contribution in [0.4, 0.5) is 5.69 Å². The topological polar surface area (TPSA) is 111 Å². The first-order valence-corrected chi connectivity index (χ1v) is 7.66. The van der Waals surface area contributed by atoms with Gasteiger partial charge in [-0.3, -0.25) is 14.4 Å². The first kappa shape index (κ1) is 18.3. The van der Waals surface area contributed by atoms with E-state index in [1.54, 1.807) is 36.4 Å². The summed E-state index contributed by atoms with van der Waals surface area (Å²) < 4.78 is 5.26. The summed E-state index contributed by atoms with van der Waals surface area (Å²) in [6.07, 6.45) is 0. The van der Waals surface area contributed by atoms with Gasteiger partial charge < -0.3 is 21.1 Å². The highest BCUT2D eigenvalue weighted by atomic mass is 35.5. The number of hydrogen-bond donors (Lipinski definition) is 3. The van der Waals surface area contributed by atoms with Gasteiger partial charge in [0.1, 0.15) is 5.75 Å². The van der Waals surface area contributed by atoms with E-state index in [0.717, 1.165) is 0 Å². The fourth-order valence-electron chi connectivity index (χ4n) is 1.86. The van der Waals surface area contributed by atoms with Gasteiger partial charge in [-0.05, 0) is 42.5 Å². The van der Waals surface area contributed by atoms with Gasteiger partial charge in [-0.25, -0.2) is 0 Å². The highest BCUT2D eigenvalue weighted by Gasteiger charge is 2.08. The third-order valence-electron chi connectivity index (χ3n) is 3.06. The zero-order chi connectivity index (χ0) is 18.2. The van der Waals surface area contributed by atoms with Crippen LogP contribution in [0.25, 0.3) is 0 Å². The zero-order valence-electron chi connectivity index (χ0n) is 13.1. The van der Waals surface area contributed by atoms with E-state index in [4.69, 9.17) is 22.1 Å². The molecule has 3 amide bonds. The predicted molar refractivity (Wildman–Crippen MR) is 93.5 cm³/mol. The number of ether oxygens (including phenoxy) is 1. The van der Waals surface area contributed by atoms with Gasteiger partial charge in [0, 0.05) is 16.3 Å². The third kappa shape index (κ3) is 6.15. The summed E-state index contributed by atoms with van der Waals surface area (Å²) in [5.74, 6) is -1.12. The molecule has 0 unspecified atom stereocenters. The SMILES string of the molecule is NC(=O)c1cccc(OCC(=O)NCC(=O)Nc2ccc(Cl)cc2)c1. The molecule has 0 aliphatic rings. The van der Waals surface area contributed by atoms with Crippen molar-refractivity contribution in [2.45, 2.75) is 0 Å². The van der Waals surface area contributed by atoms with Gasteiger partial charge in [0.2, 0.25) is 11.8 Å². The lowest BCUT2D eigenvalue weighted by molar-refractivity contribution is -0.125. The second-order valence-corrected chi connectivity index (χ2v) is 5.45. The lowest BCUT2D eigenvalue weighted by Gasteiger charge is -2.09. The van der Waals surface area contributed by atoms with Crippen molar-refractivity contribution in [2.75, 3.05) is 18.5 Å². The zero-order valence-corrected chi connectivity index (χ0v) is 13.9. The molecular weight excluding hydrogens is 346 g/mol. The van der Waals surface area contributed by atoms with E-state index in [1.807, 2.05) is 0 Å². The van der Waals surface area contributed by atoms with Crippen molar-refractivity contribution in [1.29, 1.82) is 0 Å². The number of nitrogens with one attached hydrogen (secondary N) is 2. The molecule has 8 heteroatoms. The largest absolute Gasteiger partial charge is 0.484 e. The van der Waals surface area contributed by atoms with Crippen LogP contribution >= 0.6 is 11.6 Å². The van der Waals surface area contributed by atoms with Crippen LogP contribution in [0.5, 0.6) is 5.75 Å². The standard InChI is InChI=1S/C17H16ClN3O4/c18-12-4-6-13(7-5-12)21-15(22)9-20-16(23)10-25-14-3-1-2-11(8-14)17(19)24/h1-8H,9-10H2,(H2,19,24)(H,20,23)(H,21,22). The number of halogens is 1. The maximum absolute atomic E-state index is 11.7. The van der Waals surface area contributed by atoms with Gasteiger partial charge in [-0.1, -0.05) is 17.7 Å². The van der Waals surface area contributed by atoms with Crippen molar-refractivity contribution < 1.29 is 19.1 Å². The van der Waals surface area contributed by atoms with E-state index >= 15 is 0 Å². The predicted octanol–water partition coefficient (Wildman–Crippen LogP) is 1.57. The van der Waals surface area contributed by atoms with Crippen molar-refractivity contribution in [3.63, 3.8) is 0 Å². The van der Waals surface area contributed by atoms with Crippen LogP contribution in [0.3, 0.4) is 0 Å². The molecule has 0 bridgehead atoms. The Balaban J connectivity index is 1.75. The minimum atomic E-state index is -0.589. The summed E-state index contributed by atoms with van der Waals surface area (Å²) in [5.41, 5.74) is 6.02. The Hall–Kier alpha value is -3.06. The molecule has 0 atom stereocenters. The van der Waals surface area contributed by atoms with Crippen molar-refractivity contribution in [3.8, 4) is 5.75 Å². The number of carbonyl (C=O) groups excluding carboxylic acids is 3. The van der Waals surface area contributed by atoms with Crippen molar-refractivity contribution in [2.24, 2.45) is 5.73 Å². The van der Waals surface area contributed by atoms with Crippen molar-refractivity contribution >= 4 is 35.0 Å².